The maximum Gasteiger partial charge on any atom is 0.322 e. The third-order valence-corrected chi connectivity index (χ3v) is 5.58. The van der Waals surface area contributed by atoms with Gasteiger partial charge in [-0.25, -0.2) is 9.78 Å². The molecule has 1 aromatic heterocycles. The normalized spacial score (nSPS) is 11.9. The predicted octanol–water partition coefficient (Wildman–Crippen LogP) is 5.38. The molecule has 0 aliphatic carbocycles. The second-order valence-corrected chi connectivity index (χ2v) is 8.04. The topological polar surface area (TPSA) is 76.5 Å². The highest BCUT2D eigenvalue weighted by atomic mass is 35.5. The molecule has 3 rings (SSSR count). The number of nitrogens with zero attached hydrogens (tertiary/aromatic N) is 3. The SMILES string of the molecule is CCCCN(C(=O)Nc1ccc(OCC)cc1)C(C)c1nc2cc(Cl)ccc2c(=O)n1C. The first kappa shape index (κ1) is 23.6. The highest BCUT2D eigenvalue weighted by Gasteiger charge is 2.25. The lowest BCUT2D eigenvalue weighted by molar-refractivity contribution is 0.187. The molecule has 0 bridgehead atoms. The van der Waals surface area contributed by atoms with Crippen LogP contribution >= 0.6 is 11.6 Å². The molecule has 0 radical (unpaired) electrons. The lowest BCUT2D eigenvalue weighted by atomic mass is 10.2. The van der Waals surface area contributed by atoms with Crippen LogP contribution in [0.3, 0.4) is 0 Å². The van der Waals surface area contributed by atoms with Crippen LogP contribution in [0, 0.1) is 0 Å². The van der Waals surface area contributed by atoms with Gasteiger partial charge in [-0.3, -0.25) is 9.36 Å². The number of anilines is 1. The first-order valence-electron chi connectivity index (χ1n) is 10.8. The summed E-state index contributed by atoms with van der Waals surface area (Å²) in [5.74, 6) is 1.25. The van der Waals surface area contributed by atoms with Gasteiger partial charge in [0.1, 0.15) is 11.6 Å². The van der Waals surface area contributed by atoms with Crippen molar-refractivity contribution in [1.29, 1.82) is 0 Å². The van der Waals surface area contributed by atoms with E-state index in [1.807, 2.05) is 26.0 Å². The standard InChI is InChI=1S/C24H29ClN4O3/c1-5-7-14-29(24(31)26-18-9-11-19(12-10-18)32-6-2)16(3)22-27-21-15-17(25)8-13-20(21)23(30)28(22)4/h8-13,15-16H,5-7,14H2,1-4H3,(H,26,31). The lowest BCUT2D eigenvalue weighted by Crippen LogP contribution is -2.40. The summed E-state index contributed by atoms with van der Waals surface area (Å²) >= 11 is 6.11. The number of nitrogens with one attached hydrogen (secondary N) is 1. The minimum Gasteiger partial charge on any atom is -0.494 e. The number of unbranched alkanes of at least 4 members (excludes halogenated alkanes) is 1. The number of benzene rings is 2. The van der Waals surface area contributed by atoms with E-state index in [1.165, 1.54) is 4.57 Å². The van der Waals surface area contributed by atoms with Crippen molar-refractivity contribution in [2.24, 2.45) is 7.05 Å². The van der Waals surface area contributed by atoms with Crippen molar-refractivity contribution in [3.8, 4) is 5.75 Å². The Bertz CT molecular complexity index is 1140. The summed E-state index contributed by atoms with van der Waals surface area (Å²) in [6.07, 6.45) is 1.76. The van der Waals surface area contributed by atoms with E-state index in [-0.39, 0.29) is 11.6 Å². The summed E-state index contributed by atoms with van der Waals surface area (Å²) in [4.78, 5) is 32.5. The van der Waals surface area contributed by atoms with E-state index in [0.29, 0.717) is 40.6 Å². The summed E-state index contributed by atoms with van der Waals surface area (Å²) in [6.45, 7) is 6.98. The Kier molecular flexibility index (Phi) is 7.75. The number of rotatable bonds is 8. The summed E-state index contributed by atoms with van der Waals surface area (Å²) in [5, 5.41) is 3.95. The van der Waals surface area contributed by atoms with Crippen molar-refractivity contribution in [2.75, 3.05) is 18.5 Å². The molecule has 3 aromatic rings. The second kappa shape index (κ2) is 10.5. The third-order valence-electron chi connectivity index (χ3n) is 5.34. The lowest BCUT2D eigenvalue weighted by Gasteiger charge is -2.30. The third kappa shape index (κ3) is 5.22. The van der Waals surface area contributed by atoms with Gasteiger partial charge in [0.05, 0.1) is 23.6 Å². The molecule has 2 aromatic carbocycles. The molecule has 0 spiro atoms. The number of amides is 2. The molecule has 0 saturated carbocycles. The highest BCUT2D eigenvalue weighted by Crippen LogP contribution is 2.23. The van der Waals surface area contributed by atoms with Gasteiger partial charge < -0.3 is 15.0 Å². The average molecular weight is 457 g/mol. The monoisotopic (exact) mass is 456 g/mol. The summed E-state index contributed by atoms with van der Waals surface area (Å²) < 4.78 is 6.96. The molecule has 8 heteroatoms. The van der Waals surface area contributed by atoms with Crippen LogP contribution in [0.4, 0.5) is 10.5 Å². The summed E-state index contributed by atoms with van der Waals surface area (Å²) in [5.41, 5.74) is 1.01. The quantitative estimate of drug-likeness (QED) is 0.493. The Labute approximate surface area is 193 Å². The van der Waals surface area contributed by atoms with Crippen LogP contribution in [0.1, 0.15) is 45.5 Å². The van der Waals surface area contributed by atoms with Gasteiger partial charge in [-0.15, -0.1) is 0 Å². The maximum atomic E-state index is 13.2. The first-order chi connectivity index (χ1) is 15.3. The molecular weight excluding hydrogens is 428 g/mol. The number of aromatic nitrogens is 2. The van der Waals surface area contributed by atoms with Gasteiger partial charge in [0.2, 0.25) is 0 Å². The fraction of sp³-hybridized carbons (Fsp3) is 0.375. The minimum absolute atomic E-state index is 0.170. The zero-order valence-corrected chi connectivity index (χ0v) is 19.6. The van der Waals surface area contributed by atoms with E-state index in [2.05, 4.69) is 17.2 Å². The van der Waals surface area contributed by atoms with Crippen LogP contribution < -0.4 is 15.6 Å². The van der Waals surface area contributed by atoms with Crippen LogP contribution in [-0.2, 0) is 7.05 Å². The Balaban J connectivity index is 1.91. The van der Waals surface area contributed by atoms with Gasteiger partial charge in [-0.2, -0.15) is 0 Å². The van der Waals surface area contributed by atoms with Crippen molar-refractivity contribution in [2.45, 2.75) is 39.7 Å². The van der Waals surface area contributed by atoms with Crippen LogP contribution in [0.5, 0.6) is 5.75 Å². The molecule has 0 aliphatic heterocycles. The van der Waals surface area contributed by atoms with Gasteiger partial charge in [0, 0.05) is 24.3 Å². The molecule has 32 heavy (non-hydrogen) atoms. The molecule has 1 heterocycles. The van der Waals surface area contributed by atoms with Crippen LogP contribution in [0.25, 0.3) is 10.9 Å². The Morgan fingerprint density at radius 2 is 1.94 bits per heavy atom. The summed E-state index contributed by atoms with van der Waals surface area (Å²) in [6, 6.07) is 11.6. The van der Waals surface area contributed by atoms with Crippen LogP contribution in [0.2, 0.25) is 5.02 Å². The molecule has 1 N–H and O–H groups in total. The Hall–Kier alpha value is -3.06. The molecule has 170 valence electrons. The molecule has 0 saturated heterocycles. The summed E-state index contributed by atoms with van der Waals surface area (Å²) in [7, 11) is 1.68. The fourth-order valence-electron chi connectivity index (χ4n) is 3.57. The largest absolute Gasteiger partial charge is 0.494 e. The van der Waals surface area contributed by atoms with E-state index in [9.17, 15) is 9.59 Å². The van der Waals surface area contributed by atoms with Gasteiger partial charge in [-0.1, -0.05) is 24.9 Å². The van der Waals surface area contributed by atoms with Gasteiger partial charge >= 0.3 is 6.03 Å². The molecule has 0 aliphatic rings. The number of carbonyl (C=O) groups is 1. The second-order valence-electron chi connectivity index (χ2n) is 7.61. The molecule has 1 atom stereocenters. The minimum atomic E-state index is -0.426. The van der Waals surface area contributed by atoms with E-state index < -0.39 is 6.04 Å². The molecule has 1 unspecified atom stereocenters. The maximum absolute atomic E-state index is 13.2. The van der Waals surface area contributed by atoms with E-state index in [4.69, 9.17) is 16.3 Å². The number of ether oxygens (including phenoxy) is 1. The first-order valence-corrected chi connectivity index (χ1v) is 11.2. The van der Waals surface area contributed by atoms with Crippen molar-refractivity contribution in [3.63, 3.8) is 0 Å². The van der Waals surface area contributed by atoms with Crippen LogP contribution in [0.15, 0.2) is 47.3 Å². The van der Waals surface area contributed by atoms with Crippen molar-refractivity contribution < 1.29 is 9.53 Å². The van der Waals surface area contributed by atoms with Crippen molar-refractivity contribution in [1.82, 2.24) is 14.5 Å². The van der Waals surface area contributed by atoms with Crippen molar-refractivity contribution >= 4 is 34.2 Å². The molecule has 7 nitrogen and oxygen atoms in total. The van der Waals surface area contributed by atoms with Gasteiger partial charge in [0.25, 0.3) is 5.56 Å². The number of hydrogen-bond donors (Lipinski definition) is 1. The van der Waals surface area contributed by atoms with Crippen molar-refractivity contribution in [3.05, 3.63) is 63.7 Å². The number of urea groups is 1. The van der Waals surface area contributed by atoms with Gasteiger partial charge in [0.15, 0.2) is 0 Å². The number of fused-ring (bicyclic) bond motifs is 1. The zero-order chi connectivity index (χ0) is 23.3. The van der Waals surface area contributed by atoms with Crippen LogP contribution in [-0.4, -0.2) is 33.6 Å². The average Bonchev–Trinajstić information content (AvgIpc) is 2.77. The Morgan fingerprint density at radius 1 is 1.22 bits per heavy atom. The van der Waals surface area contributed by atoms with E-state index >= 15 is 0 Å². The zero-order valence-electron chi connectivity index (χ0n) is 18.9. The molecule has 0 fully saturated rings. The number of hydrogen-bond acceptors (Lipinski definition) is 4. The molecular formula is C24H29ClN4O3. The highest BCUT2D eigenvalue weighted by molar-refractivity contribution is 6.31. The van der Waals surface area contributed by atoms with Gasteiger partial charge in [-0.05, 0) is 62.7 Å². The Morgan fingerprint density at radius 3 is 2.59 bits per heavy atom. The predicted molar refractivity (Wildman–Crippen MR) is 129 cm³/mol. The van der Waals surface area contributed by atoms with E-state index in [1.54, 1.807) is 42.3 Å². The number of halogens is 1. The molecule has 2 amide bonds. The van der Waals surface area contributed by atoms with E-state index in [0.717, 1.165) is 18.6 Å². The smallest absolute Gasteiger partial charge is 0.322 e. The number of carbonyl (C=O) groups excluding carboxylic acids is 1. The fourth-order valence-corrected chi connectivity index (χ4v) is 3.74.